The van der Waals surface area contributed by atoms with Crippen molar-refractivity contribution in [3.05, 3.63) is 24.3 Å². The Morgan fingerprint density at radius 1 is 1.39 bits per heavy atom. The molecule has 0 aliphatic rings. The van der Waals surface area contributed by atoms with E-state index < -0.39 is 12.0 Å². The molecule has 0 spiro atoms. The van der Waals surface area contributed by atoms with Crippen LogP contribution >= 0.6 is 11.8 Å². The number of tetrazole rings is 1. The van der Waals surface area contributed by atoms with Gasteiger partial charge < -0.3 is 5.11 Å². The largest absolute Gasteiger partial charge is 0.480 e. The Hall–Kier alpha value is -1.89. The van der Waals surface area contributed by atoms with Crippen LogP contribution in [0.4, 0.5) is 0 Å². The summed E-state index contributed by atoms with van der Waals surface area (Å²) in [5.41, 5.74) is 0.797. The van der Waals surface area contributed by atoms with Crippen molar-refractivity contribution in [1.29, 1.82) is 0 Å². The first-order valence-electron chi connectivity index (χ1n) is 5.28. The number of nitrogens with zero attached hydrogens (tertiary/aromatic N) is 4. The van der Waals surface area contributed by atoms with Gasteiger partial charge in [0.05, 0.1) is 0 Å². The SMILES string of the molecule is CSc1ccc(-c2nnnn2C(C)C(=O)O)cc1. The van der Waals surface area contributed by atoms with Crippen LogP contribution in [0.5, 0.6) is 0 Å². The first-order chi connectivity index (χ1) is 8.63. The smallest absolute Gasteiger partial charge is 0.328 e. The molecule has 0 aliphatic heterocycles. The molecule has 1 atom stereocenters. The number of carbonyl (C=O) groups is 1. The van der Waals surface area contributed by atoms with Crippen LogP contribution in [-0.2, 0) is 4.79 Å². The number of aliphatic carboxylic acids is 1. The molecule has 0 amide bonds. The quantitative estimate of drug-likeness (QED) is 0.847. The molecule has 94 valence electrons. The minimum atomic E-state index is -0.968. The average molecular weight is 264 g/mol. The molecule has 1 aromatic carbocycles. The maximum absolute atomic E-state index is 11.0. The molecule has 0 fully saturated rings. The van der Waals surface area contributed by atoms with Crippen LogP contribution in [0.1, 0.15) is 13.0 Å². The second-order valence-electron chi connectivity index (χ2n) is 3.69. The minimum Gasteiger partial charge on any atom is -0.480 e. The zero-order chi connectivity index (χ0) is 13.1. The van der Waals surface area contributed by atoms with E-state index in [0.717, 1.165) is 10.5 Å². The van der Waals surface area contributed by atoms with Gasteiger partial charge in [0.2, 0.25) is 0 Å². The van der Waals surface area contributed by atoms with E-state index >= 15 is 0 Å². The number of aromatic nitrogens is 4. The van der Waals surface area contributed by atoms with Crippen molar-refractivity contribution in [2.24, 2.45) is 0 Å². The molecule has 1 N–H and O–H groups in total. The van der Waals surface area contributed by atoms with Gasteiger partial charge in [0, 0.05) is 10.5 Å². The summed E-state index contributed by atoms with van der Waals surface area (Å²) in [6, 6.07) is 6.86. The van der Waals surface area contributed by atoms with E-state index in [9.17, 15) is 4.79 Å². The predicted octanol–water partition coefficient (Wildman–Crippen LogP) is 1.71. The van der Waals surface area contributed by atoms with E-state index in [1.165, 1.54) is 4.68 Å². The van der Waals surface area contributed by atoms with Crippen molar-refractivity contribution >= 4 is 17.7 Å². The number of rotatable bonds is 4. The van der Waals surface area contributed by atoms with Gasteiger partial charge in [-0.3, -0.25) is 0 Å². The summed E-state index contributed by atoms with van der Waals surface area (Å²) in [6.45, 7) is 1.54. The number of thioether (sulfide) groups is 1. The lowest BCUT2D eigenvalue weighted by molar-refractivity contribution is -0.140. The second kappa shape index (κ2) is 5.18. The highest BCUT2D eigenvalue weighted by Gasteiger charge is 2.19. The third-order valence-electron chi connectivity index (χ3n) is 2.57. The molecule has 1 aromatic heterocycles. The molecular formula is C11H12N4O2S. The lowest BCUT2D eigenvalue weighted by Crippen LogP contribution is -2.18. The van der Waals surface area contributed by atoms with Gasteiger partial charge in [0.15, 0.2) is 11.9 Å². The fraction of sp³-hybridized carbons (Fsp3) is 0.273. The fourth-order valence-corrected chi connectivity index (χ4v) is 1.90. The number of hydrogen-bond donors (Lipinski definition) is 1. The highest BCUT2D eigenvalue weighted by atomic mass is 32.2. The van der Waals surface area contributed by atoms with Crippen molar-refractivity contribution in [3.63, 3.8) is 0 Å². The van der Waals surface area contributed by atoms with Crippen molar-refractivity contribution in [3.8, 4) is 11.4 Å². The summed E-state index contributed by atoms with van der Waals surface area (Å²) in [5.74, 6) is -0.512. The summed E-state index contributed by atoms with van der Waals surface area (Å²) < 4.78 is 1.30. The molecule has 18 heavy (non-hydrogen) atoms. The van der Waals surface area contributed by atoms with E-state index in [1.807, 2.05) is 30.5 Å². The monoisotopic (exact) mass is 264 g/mol. The van der Waals surface area contributed by atoms with Gasteiger partial charge in [-0.15, -0.1) is 16.9 Å². The lowest BCUT2D eigenvalue weighted by atomic mass is 10.2. The number of benzene rings is 1. The molecule has 2 aromatic rings. The number of hydrogen-bond acceptors (Lipinski definition) is 5. The van der Waals surface area contributed by atoms with E-state index in [-0.39, 0.29) is 0 Å². The summed E-state index contributed by atoms with van der Waals surface area (Å²) >= 11 is 1.64. The number of carboxylic acid groups (broad SMARTS) is 1. The molecule has 0 saturated heterocycles. The van der Waals surface area contributed by atoms with E-state index in [4.69, 9.17) is 5.11 Å². The standard InChI is InChI=1S/C11H12N4O2S/c1-7(11(16)17)15-10(12-13-14-15)8-3-5-9(18-2)6-4-8/h3-7H,1-2H3,(H,16,17). The van der Waals surface area contributed by atoms with Crippen molar-refractivity contribution < 1.29 is 9.90 Å². The average Bonchev–Trinajstić information content (AvgIpc) is 2.87. The van der Waals surface area contributed by atoms with Crippen LogP contribution in [0.2, 0.25) is 0 Å². The molecule has 0 radical (unpaired) electrons. The normalized spacial score (nSPS) is 12.3. The molecular weight excluding hydrogens is 252 g/mol. The van der Waals surface area contributed by atoms with Crippen LogP contribution in [-0.4, -0.2) is 37.5 Å². The maximum atomic E-state index is 11.0. The van der Waals surface area contributed by atoms with Crippen LogP contribution in [0.15, 0.2) is 29.2 Å². The van der Waals surface area contributed by atoms with Gasteiger partial charge in [-0.1, -0.05) is 12.1 Å². The molecule has 6 nitrogen and oxygen atoms in total. The predicted molar refractivity (Wildman–Crippen MR) is 67.4 cm³/mol. The highest BCUT2D eigenvalue weighted by molar-refractivity contribution is 7.98. The van der Waals surface area contributed by atoms with Gasteiger partial charge in [0.25, 0.3) is 0 Å². The molecule has 7 heteroatoms. The van der Waals surface area contributed by atoms with Gasteiger partial charge in [-0.25, -0.2) is 9.48 Å². The molecule has 0 aliphatic carbocycles. The van der Waals surface area contributed by atoms with Crippen molar-refractivity contribution in [1.82, 2.24) is 20.2 Å². The van der Waals surface area contributed by atoms with Gasteiger partial charge in [0.1, 0.15) is 0 Å². The Bertz CT molecular complexity index is 552. The fourth-order valence-electron chi connectivity index (χ4n) is 1.49. The Morgan fingerprint density at radius 2 is 2.06 bits per heavy atom. The van der Waals surface area contributed by atoms with Gasteiger partial charge in [-0.05, 0) is 35.7 Å². The Labute approximate surface area is 108 Å². The van der Waals surface area contributed by atoms with Crippen LogP contribution in [0, 0.1) is 0 Å². The van der Waals surface area contributed by atoms with E-state index in [1.54, 1.807) is 18.7 Å². The summed E-state index contributed by atoms with van der Waals surface area (Å²) in [7, 11) is 0. The van der Waals surface area contributed by atoms with Crippen molar-refractivity contribution in [2.75, 3.05) is 6.26 Å². The first kappa shape index (κ1) is 12.6. The van der Waals surface area contributed by atoms with E-state index in [2.05, 4.69) is 15.5 Å². The molecule has 1 heterocycles. The number of carboxylic acids is 1. The zero-order valence-electron chi connectivity index (χ0n) is 9.94. The maximum Gasteiger partial charge on any atom is 0.328 e. The van der Waals surface area contributed by atoms with Gasteiger partial charge >= 0.3 is 5.97 Å². The Balaban J connectivity index is 2.38. The first-order valence-corrected chi connectivity index (χ1v) is 6.51. The molecule has 1 unspecified atom stereocenters. The summed E-state index contributed by atoms with van der Waals surface area (Å²) in [6.07, 6.45) is 1.99. The van der Waals surface area contributed by atoms with Crippen LogP contribution in [0.3, 0.4) is 0 Å². The summed E-state index contributed by atoms with van der Waals surface area (Å²) in [5, 5.41) is 20.1. The van der Waals surface area contributed by atoms with Crippen LogP contribution in [0.25, 0.3) is 11.4 Å². The van der Waals surface area contributed by atoms with Crippen LogP contribution < -0.4 is 0 Å². The van der Waals surface area contributed by atoms with Crippen molar-refractivity contribution in [2.45, 2.75) is 17.9 Å². The van der Waals surface area contributed by atoms with E-state index in [0.29, 0.717) is 5.82 Å². The highest BCUT2D eigenvalue weighted by Crippen LogP contribution is 2.22. The minimum absolute atomic E-state index is 0.456. The Morgan fingerprint density at radius 3 is 2.61 bits per heavy atom. The molecule has 0 saturated carbocycles. The molecule has 2 rings (SSSR count). The molecule has 0 bridgehead atoms. The third-order valence-corrected chi connectivity index (χ3v) is 3.31. The lowest BCUT2D eigenvalue weighted by Gasteiger charge is -2.08. The van der Waals surface area contributed by atoms with Gasteiger partial charge in [-0.2, -0.15) is 0 Å². The summed E-state index contributed by atoms with van der Waals surface area (Å²) in [4.78, 5) is 12.1. The second-order valence-corrected chi connectivity index (χ2v) is 4.57. The Kier molecular flexibility index (Phi) is 3.61. The topological polar surface area (TPSA) is 80.9 Å². The zero-order valence-corrected chi connectivity index (χ0v) is 10.8. The third kappa shape index (κ3) is 2.35.